The second-order valence-electron chi connectivity index (χ2n) is 4.04. The molecule has 4 nitrogen and oxygen atoms in total. The Hall–Kier alpha value is -1.38. The van der Waals surface area contributed by atoms with E-state index in [9.17, 15) is 4.79 Å². The largest absolute Gasteiger partial charge is 0.324 e. The first-order chi connectivity index (χ1) is 8.58. The fourth-order valence-corrected chi connectivity index (χ4v) is 1.86. The molecule has 0 saturated heterocycles. The number of nitrogens with two attached hydrogens (primary N) is 1. The van der Waals surface area contributed by atoms with Gasteiger partial charge in [-0.05, 0) is 24.6 Å². The molecule has 0 spiro atoms. The monoisotopic (exact) mass is 309 g/mol. The smallest absolute Gasteiger partial charge is 0.241 e. The van der Waals surface area contributed by atoms with Gasteiger partial charge in [-0.15, -0.1) is 0 Å². The lowest BCUT2D eigenvalue weighted by Gasteiger charge is -2.12. The number of carbonyl (C=O) groups is 1. The third-order valence-corrected chi connectivity index (χ3v) is 3.06. The van der Waals surface area contributed by atoms with Gasteiger partial charge < -0.3 is 11.1 Å². The summed E-state index contributed by atoms with van der Waals surface area (Å²) in [6, 6.07) is 6.60. The van der Waals surface area contributed by atoms with Crippen LogP contribution in [0.5, 0.6) is 0 Å². The van der Waals surface area contributed by atoms with Crippen molar-refractivity contribution in [3.8, 4) is 6.07 Å². The Bertz CT molecular complexity index is 468. The Kier molecular flexibility index (Phi) is 5.83. The molecule has 1 amide bonds. The molecule has 18 heavy (non-hydrogen) atoms. The van der Waals surface area contributed by atoms with Crippen LogP contribution in [0.25, 0.3) is 0 Å². The maximum atomic E-state index is 11.8. The summed E-state index contributed by atoms with van der Waals surface area (Å²) >= 11 is 3.30. The molecule has 1 unspecified atom stereocenters. The zero-order valence-corrected chi connectivity index (χ0v) is 11.8. The number of hydrogen-bond donors (Lipinski definition) is 2. The molecule has 0 radical (unpaired) electrons. The molecule has 0 saturated carbocycles. The van der Waals surface area contributed by atoms with Gasteiger partial charge in [0.05, 0.1) is 17.3 Å². The molecule has 1 aromatic carbocycles. The Morgan fingerprint density at radius 3 is 2.94 bits per heavy atom. The van der Waals surface area contributed by atoms with Gasteiger partial charge in [-0.25, -0.2) is 0 Å². The molecule has 1 aromatic rings. The SMILES string of the molecule is CCCCC(N)C(=O)Nc1cc(Br)ccc1C#N. The van der Waals surface area contributed by atoms with E-state index < -0.39 is 6.04 Å². The topological polar surface area (TPSA) is 78.9 Å². The molecular weight excluding hydrogens is 294 g/mol. The number of nitrogens with zero attached hydrogens (tertiary/aromatic N) is 1. The first kappa shape index (κ1) is 14.7. The van der Waals surface area contributed by atoms with E-state index in [0.717, 1.165) is 17.3 Å². The van der Waals surface area contributed by atoms with E-state index in [0.29, 0.717) is 17.7 Å². The predicted octanol–water partition coefficient (Wildman–Crippen LogP) is 2.78. The van der Waals surface area contributed by atoms with E-state index in [1.165, 1.54) is 0 Å². The molecule has 0 fully saturated rings. The second-order valence-corrected chi connectivity index (χ2v) is 4.96. The highest BCUT2D eigenvalue weighted by Gasteiger charge is 2.14. The van der Waals surface area contributed by atoms with Crippen LogP contribution in [0.15, 0.2) is 22.7 Å². The zero-order valence-electron chi connectivity index (χ0n) is 10.2. The van der Waals surface area contributed by atoms with Crippen LogP contribution < -0.4 is 11.1 Å². The van der Waals surface area contributed by atoms with Crippen molar-refractivity contribution < 1.29 is 4.79 Å². The molecular formula is C13H16BrN3O. The maximum Gasteiger partial charge on any atom is 0.241 e. The summed E-state index contributed by atoms with van der Waals surface area (Å²) in [5.74, 6) is -0.252. The number of amides is 1. The molecule has 0 aliphatic carbocycles. The van der Waals surface area contributed by atoms with Crippen LogP contribution in [0.1, 0.15) is 31.7 Å². The van der Waals surface area contributed by atoms with Crippen molar-refractivity contribution in [1.82, 2.24) is 0 Å². The third kappa shape index (κ3) is 4.13. The summed E-state index contributed by atoms with van der Waals surface area (Å²) in [6.07, 6.45) is 2.57. The van der Waals surface area contributed by atoms with E-state index in [1.54, 1.807) is 18.2 Å². The maximum absolute atomic E-state index is 11.8. The normalized spacial score (nSPS) is 11.7. The number of anilines is 1. The van der Waals surface area contributed by atoms with E-state index in [1.807, 2.05) is 13.0 Å². The van der Waals surface area contributed by atoms with E-state index in [-0.39, 0.29) is 5.91 Å². The second kappa shape index (κ2) is 7.14. The first-order valence-corrected chi connectivity index (χ1v) is 6.64. The van der Waals surface area contributed by atoms with Crippen LogP contribution in [0, 0.1) is 11.3 Å². The van der Waals surface area contributed by atoms with Crippen molar-refractivity contribution >= 4 is 27.5 Å². The van der Waals surface area contributed by atoms with E-state index in [2.05, 4.69) is 21.2 Å². The Balaban J connectivity index is 2.75. The first-order valence-electron chi connectivity index (χ1n) is 5.84. The molecule has 0 bridgehead atoms. The van der Waals surface area contributed by atoms with Crippen molar-refractivity contribution in [2.24, 2.45) is 5.73 Å². The minimum absolute atomic E-state index is 0.252. The summed E-state index contributed by atoms with van der Waals surface area (Å²) in [4.78, 5) is 11.8. The Morgan fingerprint density at radius 2 is 2.33 bits per heavy atom. The average Bonchev–Trinajstić information content (AvgIpc) is 2.36. The van der Waals surface area contributed by atoms with Crippen LogP contribution in [0.4, 0.5) is 5.69 Å². The predicted molar refractivity (Wildman–Crippen MR) is 75.0 cm³/mol. The van der Waals surface area contributed by atoms with Gasteiger partial charge in [-0.3, -0.25) is 4.79 Å². The van der Waals surface area contributed by atoms with Crippen molar-refractivity contribution in [3.63, 3.8) is 0 Å². The van der Waals surface area contributed by atoms with Gasteiger partial charge in [-0.2, -0.15) is 5.26 Å². The fraction of sp³-hybridized carbons (Fsp3) is 0.385. The number of carbonyl (C=O) groups excluding carboxylic acids is 1. The highest BCUT2D eigenvalue weighted by Crippen LogP contribution is 2.21. The number of rotatable bonds is 5. The summed E-state index contributed by atoms with van der Waals surface area (Å²) in [5.41, 5.74) is 6.69. The van der Waals surface area contributed by atoms with Crippen molar-refractivity contribution in [2.45, 2.75) is 32.2 Å². The lowest BCUT2D eigenvalue weighted by molar-refractivity contribution is -0.117. The van der Waals surface area contributed by atoms with E-state index in [4.69, 9.17) is 11.0 Å². The van der Waals surface area contributed by atoms with Crippen LogP contribution in [0.2, 0.25) is 0 Å². The quantitative estimate of drug-likeness (QED) is 0.877. The van der Waals surface area contributed by atoms with Crippen LogP contribution in [-0.4, -0.2) is 11.9 Å². The lowest BCUT2D eigenvalue weighted by Crippen LogP contribution is -2.35. The summed E-state index contributed by atoms with van der Waals surface area (Å²) in [6.45, 7) is 2.05. The summed E-state index contributed by atoms with van der Waals surface area (Å²) in [5, 5.41) is 11.6. The van der Waals surface area contributed by atoms with Gasteiger partial charge in [0, 0.05) is 4.47 Å². The van der Waals surface area contributed by atoms with Gasteiger partial charge in [0.1, 0.15) is 6.07 Å². The minimum Gasteiger partial charge on any atom is -0.324 e. The van der Waals surface area contributed by atoms with Crippen LogP contribution in [0.3, 0.4) is 0 Å². The van der Waals surface area contributed by atoms with Crippen LogP contribution in [-0.2, 0) is 4.79 Å². The fourth-order valence-electron chi connectivity index (χ4n) is 1.50. The van der Waals surface area contributed by atoms with Gasteiger partial charge in [0.15, 0.2) is 0 Å². The highest BCUT2D eigenvalue weighted by molar-refractivity contribution is 9.10. The van der Waals surface area contributed by atoms with E-state index >= 15 is 0 Å². The van der Waals surface area contributed by atoms with Crippen LogP contribution >= 0.6 is 15.9 Å². The van der Waals surface area contributed by atoms with Gasteiger partial charge in [0.2, 0.25) is 5.91 Å². The number of halogens is 1. The number of hydrogen-bond acceptors (Lipinski definition) is 3. The van der Waals surface area contributed by atoms with Gasteiger partial charge in [0.25, 0.3) is 0 Å². The number of nitrogens with one attached hydrogen (secondary N) is 1. The number of unbranched alkanes of at least 4 members (excludes halogenated alkanes) is 1. The Labute approximate surface area is 115 Å². The van der Waals surface area contributed by atoms with Crippen molar-refractivity contribution in [3.05, 3.63) is 28.2 Å². The van der Waals surface area contributed by atoms with Crippen molar-refractivity contribution in [1.29, 1.82) is 5.26 Å². The molecule has 0 aromatic heterocycles. The zero-order chi connectivity index (χ0) is 13.5. The molecule has 96 valence electrons. The molecule has 0 heterocycles. The molecule has 3 N–H and O–H groups in total. The average molecular weight is 310 g/mol. The van der Waals surface area contributed by atoms with Gasteiger partial charge >= 0.3 is 0 Å². The number of nitriles is 1. The standard InChI is InChI=1S/C13H16BrN3O/c1-2-3-4-11(16)13(18)17-12-7-10(14)6-5-9(12)8-15/h5-7,11H,2-4,16H2,1H3,(H,17,18). The molecule has 1 atom stereocenters. The number of benzene rings is 1. The Morgan fingerprint density at radius 1 is 1.61 bits per heavy atom. The molecule has 0 aliphatic rings. The summed E-state index contributed by atoms with van der Waals surface area (Å²) in [7, 11) is 0. The molecule has 5 heteroatoms. The highest BCUT2D eigenvalue weighted by atomic mass is 79.9. The van der Waals surface area contributed by atoms with Gasteiger partial charge in [-0.1, -0.05) is 35.7 Å². The molecule has 1 rings (SSSR count). The third-order valence-electron chi connectivity index (χ3n) is 2.57. The summed E-state index contributed by atoms with van der Waals surface area (Å²) < 4.78 is 0.805. The molecule has 0 aliphatic heterocycles. The minimum atomic E-state index is -0.532. The lowest BCUT2D eigenvalue weighted by atomic mass is 10.1. The van der Waals surface area contributed by atoms with Crippen molar-refractivity contribution in [2.75, 3.05) is 5.32 Å².